The highest BCUT2D eigenvalue weighted by Gasteiger charge is 2.31. The van der Waals surface area contributed by atoms with Gasteiger partial charge in [0.2, 0.25) is 0 Å². The Hall–Kier alpha value is -0.230. The molecule has 4 nitrogen and oxygen atoms in total. The molecule has 0 aromatic heterocycles. The minimum Gasteiger partial charge on any atom is -0.364 e. The smallest absolute Gasteiger partial charge is 0.156 e. The third-order valence-electron chi connectivity index (χ3n) is 2.75. The van der Waals surface area contributed by atoms with Crippen LogP contribution in [0.25, 0.3) is 0 Å². The molecule has 0 amide bonds. The molecule has 0 aliphatic carbocycles. The van der Waals surface area contributed by atoms with Crippen molar-refractivity contribution < 1.29 is 8.42 Å². The van der Waals surface area contributed by atoms with Crippen molar-refractivity contribution in [2.24, 2.45) is 4.99 Å². The van der Waals surface area contributed by atoms with Gasteiger partial charge in [0.15, 0.2) is 15.0 Å². The number of sulfone groups is 1. The first-order chi connectivity index (χ1) is 7.08. The van der Waals surface area contributed by atoms with Crippen molar-refractivity contribution >= 4 is 26.8 Å². The number of hydrogen-bond donors (Lipinski definition) is 1. The fourth-order valence-electron chi connectivity index (χ4n) is 1.86. The van der Waals surface area contributed by atoms with Crippen molar-refractivity contribution in [3.05, 3.63) is 0 Å². The Morgan fingerprint density at radius 1 is 1.60 bits per heavy atom. The van der Waals surface area contributed by atoms with Gasteiger partial charge in [-0.2, -0.15) is 0 Å². The number of nitrogens with zero attached hydrogens (tertiary/aromatic N) is 1. The van der Waals surface area contributed by atoms with Crippen molar-refractivity contribution in [3.63, 3.8) is 0 Å². The lowest BCUT2D eigenvalue weighted by Crippen LogP contribution is -2.32. The molecule has 1 saturated heterocycles. The van der Waals surface area contributed by atoms with Crippen LogP contribution in [0.2, 0.25) is 0 Å². The van der Waals surface area contributed by atoms with Crippen LogP contribution in [-0.2, 0) is 9.84 Å². The monoisotopic (exact) mass is 248 g/mol. The molecule has 1 N–H and O–H groups in total. The summed E-state index contributed by atoms with van der Waals surface area (Å²) in [6.45, 7) is 3.49. The van der Waals surface area contributed by atoms with Gasteiger partial charge in [-0.3, -0.25) is 4.99 Å². The van der Waals surface area contributed by atoms with E-state index in [0.29, 0.717) is 17.5 Å². The second kappa shape index (κ2) is 4.33. The molecular weight excluding hydrogens is 232 g/mol. The fourth-order valence-corrected chi connectivity index (χ4v) is 4.47. The summed E-state index contributed by atoms with van der Waals surface area (Å²) in [4.78, 5) is 4.30. The Bertz CT molecular complexity index is 364. The normalized spacial score (nSPS) is 34.1. The summed E-state index contributed by atoms with van der Waals surface area (Å²) in [5, 5.41) is 4.37. The van der Waals surface area contributed by atoms with Gasteiger partial charge in [0, 0.05) is 11.8 Å². The number of rotatable bonds is 2. The summed E-state index contributed by atoms with van der Waals surface area (Å²) >= 11 is 1.69. The van der Waals surface area contributed by atoms with E-state index in [0.717, 1.165) is 24.6 Å². The zero-order chi connectivity index (χ0) is 10.9. The van der Waals surface area contributed by atoms with Crippen molar-refractivity contribution in [1.82, 2.24) is 5.32 Å². The van der Waals surface area contributed by atoms with Gasteiger partial charge in [0.05, 0.1) is 17.5 Å². The van der Waals surface area contributed by atoms with Crippen LogP contribution in [-0.4, -0.2) is 42.9 Å². The van der Waals surface area contributed by atoms with Gasteiger partial charge >= 0.3 is 0 Å². The Labute approximate surface area is 94.8 Å². The number of nitrogens with one attached hydrogen (secondary N) is 1. The molecule has 2 atom stereocenters. The zero-order valence-corrected chi connectivity index (χ0v) is 10.4. The van der Waals surface area contributed by atoms with E-state index in [1.807, 2.05) is 0 Å². The molecular formula is C9H16N2O2S2. The Kier molecular flexibility index (Phi) is 3.25. The maximum atomic E-state index is 11.5. The minimum absolute atomic E-state index is 0.197. The summed E-state index contributed by atoms with van der Waals surface area (Å²) in [5.74, 6) is 0.357. The fraction of sp³-hybridized carbons (Fsp3) is 0.889. The van der Waals surface area contributed by atoms with Crippen molar-refractivity contribution in [2.75, 3.05) is 18.8 Å². The maximum absolute atomic E-state index is 11.5. The quantitative estimate of drug-likeness (QED) is 0.779. The minimum atomic E-state index is -2.82. The van der Waals surface area contributed by atoms with E-state index in [2.05, 4.69) is 17.2 Å². The molecule has 2 rings (SSSR count). The summed E-state index contributed by atoms with van der Waals surface area (Å²) in [7, 11) is -2.82. The molecule has 15 heavy (non-hydrogen) atoms. The molecule has 0 bridgehead atoms. The maximum Gasteiger partial charge on any atom is 0.156 e. The lowest BCUT2D eigenvalue weighted by Gasteiger charge is -2.11. The molecule has 6 heteroatoms. The second-order valence-electron chi connectivity index (χ2n) is 4.09. The van der Waals surface area contributed by atoms with Gasteiger partial charge in [0.1, 0.15) is 0 Å². The SMILES string of the molecule is CC1CN=C(NCC2CCCS2(=O)=O)S1. The van der Waals surface area contributed by atoms with Gasteiger partial charge in [-0.05, 0) is 12.8 Å². The highest BCUT2D eigenvalue weighted by molar-refractivity contribution is 8.14. The first kappa shape index (κ1) is 11.3. The molecule has 2 aliphatic rings. The highest BCUT2D eigenvalue weighted by atomic mass is 32.2. The number of thioether (sulfide) groups is 1. The van der Waals surface area contributed by atoms with Crippen LogP contribution in [0.4, 0.5) is 0 Å². The molecule has 0 aromatic rings. The van der Waals surface area contributed by atoms with E-state index in [4.69, 9.17) is 0 Å². The predicted molar refractivity (Wildman–Crippen MR) is 64.2 cm³/mol. The van der Waals surface area contributed by atoms with Gasteiger partial charge in [-0.15, -0.1) is 0 Å². The van der Waals surface area contributed by atoms with E-state index in [9.17, 15) is 8.42 Å². The Balaban J connectivity index is 1.84. The lowest BCUT2D eigenvalue weighted by molar-refractivity contribution is 0.587. The van der Waals surface area contributed by atoms with Gasteiger partial charge in [0.25, 0.3) is 0 Å². The summed E-state index contributed by atoms with van der Waals surface area (Å²) in [6.07, 6.45) is 1.60. The van der Waals surface area contributed by atoms with Gasteiger partial charge in [-0.1, -0.05) is 18.7 Å². The summed E-state index contributed by atoms with van der Waals surface area (Å²) < 4.78 is 23.1. The summed E-state index contributed by atoms with van der Waals surface area (Å²) in [5.41, 5.74) is 0. The van der Waals surface area contributed by atoms with Crippen molar-refractivity contribution in [1.29, 1.82) is 0 Å². The molecule has 0 aromatic carbocycles. The molecule has 0 spiro atoms. The molecule has 1 fully saturated rings. The lowest BCUT2D eigenvalue weighted by atomic mass is 10.2. The van der Waals surface area contributed by atoms with Crippen LogP contribution in [0.15, 0.2) is 4.99 Å². The topological polar surface area (TPSA) is 58.5 Å². The van der Waals surface area contributed by atoms with Gasteiger partial charge in [-0.25, -0.2) is 8.42 Å². The molecule has 2 aliphatic heterocycles. The Morgan fingerprint density at radius 3 is 2.93 bits per heavy atom. The van der Waals surface area contributed by atoms with Crippen molar-refractivity contribution in [2.45, 2.75) is 30.3 Å². The predicted octanol–water partition coefficient (Wildman–Crippen LogP) is 0.645. The van der Waals surface area contributed by atoms with Gasteiger partial charge < -0.3 is 5.32 Å². The number of amidine groups is 1. The first-order valence-electron chi connectivity index (χ1n) is 5.24. The standard InChI is InChI=1S/C9H16N2O2S2/c1-7-5-10-9(14-7)11-6-8-3-2-4-15(8,12)13/h7-8H,2-6H2,1H3,(H,10,11). The van der Waals surface area contributed by atoms with E-state index in [1.54, 1.807) is 11.8 Å². The molecule has 2 heterocycles. The number of aliphatic imine (C=N–C) groups is 1. The van der Waals surface area contributed by atoms with Crippen molar-refractivity contribution in [3.8, 4) is 0 Å². The van der Waals surface area contributed by atoms with E-state index in [-0.39, 0.29) is 5.25 Å². The highest BCUT2D eigenvalue weighted by Crippen LogP contribution is 2.21. The van der Waals surface area contributed by atoms with Crippen LogP contribution in [0.5, 0.6) is 0 Å². The van der Waals surface area contributed by atoms with E-state index < -0.39 is 9.84 Å². The first-order valence-corrected chi connectivity index (χ1v) is 7.84. The zero-order valence-electron chi connectivity index (χ0n) is 8.77. The summed E-state index contributed by atoms with van der Waals surface area (Å²) in [6, 6.07) is 0. The largest absolute Gasteiger partial charge is 0.364 e. The van der Waals surface area contributed by atoms with Crippen LogP contribution in [0.1, 0.15) is 19.8 Å². The van der Waals surface area contributed by atoms with E-state index >= 15 is 0 Å². The number of hydrogen-bond acceptors (Lipinski definition) is 5. The molecule has 0 saturated carbocycles. The third-order valence-corrected chi connectivity index (χ3v) is 6.07. The average Bonchev–Trinajstić information content (AvgIpc) is 2.69. The molecule has 86 valence electrons. The second-order valence-corrected chi connectivity index (χ2v) is 7.91. The van der Waals surface area contributed by atoms with E-state index in [1.165, 1.54) is 0 Å². The van der Waals surface area contributed by atoms with Crippen LogP contribution < -0.4 is 5.32 Å². The third kappa shape index (κ3) is 2.66. The Morgan fingerprint density at radius 2 is 2.40 bits per heavy atom. The average molecular weight is 248 g/mol. The molecule has 2 unspecified atom stereocenters. The van der Waals surface area contributed by atoms with Crippen LogP contribution >= 0.6 is 11.8 Å². The van der Waals surface area contributed by atoms with Crippen LogP contribution in [0, 0.1) is 0 Å². The molecule has 0 radical (unpaired) electrons. The van der Waals surface area contributed by atoms with Crippen LogP contribution in [0.3, 0.4) is 0 Å².